The van der Waals surface area contributed by atoms with E-state index in [9.17, 15) is 4.79 Å². The second-order valence-electron chi connectivity index (χ2n) is 2.37. The normalized spacial score (nSPS) is 17.6. The second-order valence-corrected chi connectivity index (χ2v) is 2.93. The molecule has 0 aliphatic heterocycles. The quantitative estimate of drug-likeness (QED) is 0.597. The van der Waals surface area contributed by atoms with E-state index in [2.05, 4.69) is 15.9 Å². The molecule has 0 aromatic carbocycles. The van der Waals surface area contributed by atoms with Crippen LogP contribution in [-0.4, -0.2) is 29.2 Å². The van der Waals surface area contributed by atoms with Crippen molar-refractivity contribution in [1.82, 2.24) is 4.90 Å². The highest BCUT2D eigenvalue weighted by molar-refractivity contribution is 9.09. The van der Waals surface area contributed by atoms with Crippen LogP contribution in [0.4, 0.5) is 0 Å². The van der Waals surface area contributed by atoms with Crippen LogP contribution in [0.15, 0.2) is 0 Å². The van der Waals surface area contributed by atoms with Crippen LogP contribution in [0.25, 0.3) is 0 Å². The lowest BCUT2D eigenvalue weighted by molar-refractivity contribution is -0.127. The van der Waals surface area contributed by atoms with Crippen molar-refractivity contribution in [3.05, 3.63) is 0 Å². The Bertz CT molecular complexity index is 122. The highest BCUT2D eigenvalue weighted by Gasteiger charge is 2.28. The van der Waals surface area contributed by atoms with E-state index in [0.29, 0.717) is 11.4 Å². The molecule has 0 atom stereocenters. The molecule has 0 spiro atoms. The molecule has 2 nitrogen and oxygen atoms in total. The molecule has 3 heteroatoms. The van der Waals surface area contributed by atoms with Crippen LogP contribution in [0.3, 0.4) is 0 Å². The zero-order valence-electron chi connectivity index (χ0n) is 5.43. The SMILES string of the molecule is CN(C(=O)CBr)C1CC1. The van der Waals surface area contributed by atoms with Crippen LogP contribution < -0.4 is 0 Å². The molecule has 1 amide bonds. The van der Waals surface area contributed by atoms with Gasteiger partial charge in [0.2, 0.25) is 5.91 Å². The van der Waals surface area contributed by atoms with Gasteiger partial charge in [-0.05, 0) is 12.8 Å². The molecule has 1 rings (SSSR count). The predicted molar refractivity (Wildman–Crippen MR) is 39.6 cm³/mol. The third-order valence-corrected chi connectivity index (χ3v) is 2.08. The maximum Gasteiger partial charge on any atom is 0.233 e. The zero-order valence-corrected chi connectivity index (χ0v) is 7.02. The fourth-order valence-corrected chi connectivity index (χ4v) is 1.16. The van der Waals surface area contributed by atoms with Crippen LogP contribution in [0.5, 0.6) is 0 Å². The molecule has 52 valence electrons. The maximum atomic E-state index is 10.9. The first-order chi connectivity index (χ1) is 4.25. The van der Waals surface area contributed by atoms with Crippen molar-refractivity contribution in [2.24, 2.45) is 0 Å². The number of hydrogen-bond acceptors (Lipinski definition) is 1. The lowest BCUT2D eigenvalue weighted by atomic mass is 10.5. The Labute approximate surface area is 63.3 Å². The standard InChI is InChI=1S/C6H10BrNO/c1-8(5-2-3-5)6(9)4-7/h5H,2-4H2,1H3. The van der Waals surface area contributed by atoms with E-state index in [-0.39, 0.29) is 5.91 Å². The number of nitrogens with zero attached hydrogens (tertiary/aromatic N) is 1. The minimum Gasteiger partial charge on any atom is -0.342 e. The van der Waals surface area contributed by atoms with Gasteiger partial charge in [-0.3, -0.25) is 4.79 Å². The molecule has 0 aromatic rings. The molecular weight excluding hydrogens is 182 g/mol. The predicted octanol–water partition coefficient (Wildman–Crippen LogP) is 1.00. The number of carbonyl (C=O) groups is 1. The Balaban J connectivity index is 2.30. The van der Waals surface area contributed by atoms with E-state index in [0.717, 1.165) is 0 Å². The van der Waals surface area contributed by atoms with Crippen LogP contribution in [0, 0.1) is 0 Å². The Hall–Kier alpha value is -0.0500. The minimum absolute atomic E-state index is 0.192. The van der Waals surface area contributed by atoms with E-state index in [1.807, 2.05) is 11.9 Å². The molecule has 0 aromatic heterocycles. The van der Waals surface area contributed by atoms with Crippen LogP contribution in [0.1, 0.15) is 12.8 Å². The molecule has 0 bridgehead atoms. The van der Waals surface area contributed by atoms with Gasteiger partial charge < -0.3 is 4.90 Å². The average Bonchev–Trinajstić information content (AvgIpc) is 2.66. The lowest BCUT2D eigenvalue weighted by Gasteiger charge is -2.13. The van der Waals surface area contributed by atoms with Gasteiger partial charge in [-0.1, -0.05) is 15.9 Å². The summed E-state index contributed by atoms with van der Waals surface area (Å²) in [5, 5.41) is 0.458. The minimum atomic E-state index is 0.192. The number of carbonyl (C=O) groups excluding carboxylic acids is 1. The van der Waals surface area contributed by atoms with Gasteiger partial charge in [0.25, 0.3) is 0 Å². The molecule has 1 aliphatic rings. The van der Waals surface area contributed by atoms with Gasteiger partial charge in [-0.2, -0.15) is 0 Å². The summed E-state index contributed by atoms with van der Waals surface area (Å²) in [7, 11) is 1.86. The summed E-state index contributed by atoms with van der Waals surface area (Å²) >= 11 is 3.12. The first kappa shape index (κ1) is 7.06. The zero-order chi connectivity index (χ0) is 6.85. The fourth-order valence-electron chi connectivity index (χ4n) is 0.760. The number of amides is 1. The Kier molecular flexibility index (Phi) is 2.11. The molecule has 1 saturated carbocycles. The molecule has 0 saturated heterocycles. The third kappa shape index (κ3) is 1.68. The smallest absolute Gasteiger partial charge is 0.233 e. The fraction of sp³-hybridized carbons (Fsp3) is 0.833. The Morgan fingerprint density at radius 2 is 2.33 bits per heavy atom. The van der Waals surface area contributed by atoms with E-state index < -0.39 is 0 Å². The van der Waals surface area contributed by atoms with Crippen molar-refractivity contribution in [2.75, 3.05) is 12.4 Å². The summed E-state index contributed by atoms with van der Waals surface area (Å²) < 4.78 is 0. The van der Waals surface area contributed by atoms with Crippen molar-refractivity contribution < 1.29 is 4.79 Å². The van der Waals surface area contributed by atoms with Gasteiger partial charge >= 0.3 is 0 Å². The van der Waals surface area contributed by atoms with Gasteiger partial charge in [0.1, 0.15) is 0 Å². The molecule has 1 fully saturated rings. The second kappa shape index (κ2) is 2.69. The van der Waals surface area contributed by atoms with E-state index >= 15 is 0 Å². The molecule has 9 heavy (non-hydrogen) atoms. The molecule has 0 N–H and O–H groups in total. The average molecular weight is 192 g/mol. The molecule has 0 radical (unpaired) electrons. The Morgan fingerprint density at radius 3 is 2.67 bits per heavy atom. The van der Waals surface area contributed by atoms with Gasteiger partial charge in [0.05, 0.1) is 5.33 Å². The highest BCUT2D eigenvalue weighted by Crippen LogP contribution is 2.25. The van der Waals surface area contributed by atoms with Crippen LogP contribution in [-0.2, 0) is 4.79 Å². The highest BCUT2D eigenvalue weighted by atomic mass is 79.9. The summed E-state index contributed by atoms with van der Waals surface area (Å²) in [5.41, 5.74) is 0. The first-order valence-corrected chi connectivity index (χ1v) is 4.19. The van der Waals surface area contributed by atoms with Crippen LogP contribution >= 0.6 is 15.9 Å². The molecule has 0 unspecified atom stereocenters. The molecule has 1 aliphatic carbocycles. The largest absolute Gasteiger partial charge is 0.342 e. The van der Waals surface area contributed by atoms with Crippen molar-refractivity contribution in [1.29, 1.82) is 0 Å². The summed E-state index contributed by atoms with van der Waals surface area (Å²) in [6.45, 7) is 0. The molecular formula is C6H10BrNO. The number of rotatable bonds is 2. The van der Waals surface area contributed by atoms with Crippen molar-refractivity contribution in [3.8, 4) is 0 Å². The van der Waals surface area contributed by atoms with E-state index in [4.69, 9.17) is 0 Å². The number of halogens is 1. The molecule has 0 heterocycles. The van der Waals surface area contributed by atoms with Crippen molar-refractivity contribution in [3.63, 3.8) is 0 Å². The summed E-state index contributed by atoms with van der Waals surface area (Å²) in [6.07, 6.45) is 2.38. The number of alkyl halides is 1. The van der Waals surface area contributed by atoms with Gasteiger partial charge in [0, 0.05) is 13.1 Å². The van der Waals surface area contributed by atoms with E-state index in [1.54, 1.807) is 0 Å². The monoisotopic (exact) mass is 191 g/mol. The van der Waals surface area contributed by atoms with E-state index in [1.165, 1.54) is 12.8 Å². The Morgan fingerprint density at radius 1 is 1.78 bits per heavy atom. The van der Waals surface area contributed by atoms with Crippen LogP contribution in [0.2, 0.25) is 0 Å². The van der Waals surface area contributed by atoms with Gasteiger partial charge in [-0.15, -0.1) is 0 Å². The summed E-state index contributed by atoms with van der Waals surface area (Å²) in [5.74, 6) is 0.192. The maximum absolute atomic E-state index is 10.9. The summed E-state index contributed by atoms with van der Waals surface area (Å²) in [4.78, 5) is 12.7. The lowest BCUT2D eigenvalue weighted by Crippen LogP contribution is -2.29. The van der Waals surface area contributed by atoms with Crippen molar-refractivity contribution in [2.45, 2.75) is 18.9 Å². The van der Waals surface area contributed by atoms with Gasteiger partial charge in [-0.25, -0.2) is 0 Å². The van der Waals surface area contributed by atoms with Gasteiger partial charge in [0.15, 0.2) is 0 Å². The third-order valence-electron chi connectivity index (χ3n) is 1.60. The first-order valence-electron chi connectivity index (χ1n) is 3.07. The topological polar surface area (TPSA) is 20.3 Å². The van der Waals surface area contributed by atoms with Crippen molar-refractivity contribution >= 4 is 21.8 Å². The number of hydrogen-bond donors (Lipinski definition) is 0. The summed E-state index contributed by atoms with van der Waals surface area (Å²) in [6, 6.07) is 0.551.